The van der Waals surface area contributed by atoms with Crippen LogP contribution in [0.2, 0.25) is 0 Å². The van der Waals surface area contributed by atoms with E-state index in [0.29, 0.717) is 4.88 Å². The Bertz CT molecular complexity index is 581. The van der Waals surface area contributed by atoms with Crippen LogP contribution in [0, 0.1) is 0 Å². The number of aryl methyl sites for hydroxylation is 1. The number of thiophene rings is 1. The molecule has 0 aromatic carbocycles. The van der Waals surface area contributed by atoms with Gasteiger partial charge in [0.15, 0.2) is 0 Å². The normalized spacial score (nSPS) is 10.5. The van der Waals surface area contributed by atoms with E-state index in [1.165, 1.54) is 11.3 Å². The molecule has 0 unspecified atom stereocenters. The fourth-order valence-electron chi connectivity index (χ4n) is 1.51. The van der Waals surface area contributed by atoms with Crippen LogP contribution in [0.5, 0.6) is 0 Å². The van der Waals surface area contributed by atoms with Crippen molar-refractivity contribution in [3.05, 3.63) is 28.5 Å². The van der Waals surface area contributed by atoms with Crippen molar-refractivity contribution in [1.82, 2.24) is 4.98 Å². The molecule has 0 saturated carbocycles. The van der Waals surface area contributed by atoms with Gasteiger partial charge in [0.25, 0.3) is 0 Å². The Balaban J connectivity index is 2.57. The zero-order valence-electron chi connectivity index (χ0n) is 9.34. The molecule has 2 N–H and O–H groups in total. The van der Waals surface area contributed by atoms with Crippen LogP contribution in [0.15, 0.2) is 15.9 Å². The zero-order valence-corrected chi connectivity index (χ0v) is 10.2. The Morgan fingerprint density at radius 2 is 2.11 bits per heavy atom. The highest BCUT2D eigenvalue weighted by atomic mass is 32.1. The predicted molar refractivity (Wildman–Crippen MR) is 63.1 cm³/mol. The minimum absolute atomic E-state index is 0.0386. The second kappa shape index (κ2) is 4.61. The summed E-state index contributed by atoms with van der Waals surface area (Å²) >= 11 is 1.33. The van der Waals surface area contributed by atoms with E-state index in [0.717, 1.165) is 12.0 Å². The maximum absolute atomic E-state index is 10.9. The van der Waals surface area contributed by atoms with Crippen molar-refractivity contribution in [2.24, 2.45) is 0 Å². The number of aromatic carboxylic acids is 2. The minimum Gasteiger partial charge on any atom is -0.476 e. The topological polar surface area (TPSA) is 101 Å². The number of carboxylic acid groups (broad SMARTS) is 2. The quantitative estimate of drug-likeness (QED) is 0.881. The summed E-state index contributed by atoms with van der Waals surface area (Å²) in [6.45, 7) is 1.94. The number of carboxylic acids is 2. The summed E-state index contributed by atoms with van der Waals surface area (Å²) in [5.74, 6) is -3.47. The third kappa shape index (κ3) is 2.00. The highest BCUT2D eigenvalue weighted by Gasteiger charge is 2.26. The van der Waals surface area contributed by atoms with Crippen LogP contribution in [0.4, 0.5) is 0 Å². The summed E-state index contributed by atoms with van der Waals surface area (Å²) in [4.78, 5) is 26.2. The molecule has 0 spiro atoms. The highest BCUT2D eigenvalue weighted by Crippen LogP contribution is 2.30. The Labute approximate surface area is 106 Å². The van der Waals surface area contributed by atoms with Gasteiger partial charge >= 0.3 is 11.9 Å². The minimum atomic E-state index is -1.44. The van der Waals surface area contributed by atoms with Gasteiger partial charge in [-0.2, -0.15) is 0 Å². The van der Waals surface area contributed by atoms with Gasteiger partial charge in [-0.05, 0) is 23.4 Å². The molecule has 0 aliphatic carbocycles. The molecule has 0 aliphatic heterocycles. The van der Waals surface area contributed by atoms with Crippen molar-refractivity contribution in [2.45, 2.75) is 13.3 Å². The van der Waals surface area contributed by atoms with Crippen molar-refractivity contribution in [1.29, 1.82) is 0 Å². The number of hydrogen-bond donors (Lipinski definition) is 2. The smallest absolute Gasteiger partial charge is 0.374 e. The fraction of sp³-hybridized carbons (Fsp3) is 0.182. The number of aromatic nitrogens is 1. The first kappa shape index (κ1) is 12.3. The molecular weight excluding hydrogens is 258 g/mol. The van der Waals surface area contributed by atoms with Gasteiger partial charge < -0.3 is 14.6 Å². The second-order valence-electron chi connectivity index (χ2n) is 3.44. The average Bonchev–Trinajstić information content (AvgIpc) is 2.94. The number of carbonyl (C=O) groups is 2. The monoisotopic (exact) mass is 267 g/mol. The average molecular weight is 267 g/mol. The number of nitrogens with zero attached hydrogens (tertiary/aromatic N) is 1. The molecule has 0 amide bonds. The molecule has 6 nitrogen and oxygen atoms in total. The Morgan fingerprint density at radius 3 is 2.61 bits per heavy atom. The molecule has 2 heterocycles. The van der Waals surface area contributed by atoms with E-state index in [9.17, 15) is 9.59 Å². The van der Waals surface area contributed by atoms with Crippen LogP contribution in [0.25, 0.3) is 10.8 Å². The number of hydrogen-bond acceptors (Lipinski definition) is 5. The summed E-state index contributed by atoms with van der Waals surface area (Å²) in [6, 6.07) is 1.87. The maximum Gasteiger partial charge on any atom is 0.374 e. The first-order valence-corrected chi connectivity index (χ1v) is 5.96. The lowest BCUT2D eigenvalue weighted by molar-refractivity contribution is 0.0624. The van der Waals surface area contributed by atoms with Gasteiger partial charge in [-0.3, -0.25) is 0 Å². The molecule has 7 heteroatoms. The van der Waals surface area contributed by atoms with Gasteiger partial charge in [0.1, 0.15) is 0 Å². The van der Waals surface area contributed by atoms with Gasteiger partial charge in [-0.15, -0.1) is 11.3 Å². The van der Waals surface area contributed by atoms with Gasteiger partial charge in [0.05, 0.1) is 4.88 Å². The standard InChI is InChI=1S/C11H9NO5S/c1-2-5-3-4-18-8(5)9-12-6(10(13)14)7(17-9)11(15)16/h3-4H,2H2,1H3,(H,13,14)(H,15,16). The van der Waals surface area contributed by atoms with E-state index in [1.54, 1.807) is 0 Å². The van der Waals surface area contributed by atoms with Gasteiger partial charge in [-0.1, -0.05) is 6.92 Å². The summed E-state index contributed by atoms with van der Waals surface area (Å²) in [6.07, 6.45) is 0.728. The zero-order chi connectivity index (χ0) is 13.3. The molecule has 18 heavy (non-hydrogen) atoms. The molecule has 0 bridgehead atoms. The lowest BCUT2D eigenvalue weighted by Gasteiger charge is -1.94. The van der Waals surface area contributed by atoms with Crippen molar-refractivity contribution >= 4 is 23.3 Å². The van der Waals surface area contributed by atoms with E-state index in [2.05, 4.69) is 4.98 Å². The molecule has 94 valence electrons. The van der Waals surface area contributed by atoms with Crippen molar-refractivity contribution in [2.75, 3.05) is 0 Å². The molecule has 2 aromatic rings. The van der Waals surface area contributed by atoms with Crippen LogP contribution >= 0.6 is 11.3 Å². The molecule has 2 aromatic heterocycles. The van der Waals surface area contributed by atoms with Crippen LogP contribution in [-0.2, 0) is 6.42 Å². The Kier molecular flexibility index (Phi) is 3.15. The highest BCUT2D eigenvalue weighted by molar-refractivity contribution is 7.13. The first-order valence-electron chi connectivity index (χ1n) is 5.08. The van der Waals surface area contributed by atoms with Crippen LogP contribution in [0.1, 0.15) is 33.5 Å². The van der Waals surface area contributed by atoms with E-state index >= 15 is 0 Å². The largest absolute Gasteiger partial charge is 0.476 e. The predicted octanol–water partition coefficient (Wildman–Crippen LogP) is 2.36. The van der Waals surface area contributed by atoms with Crippen molar-refractivity contribution in [3.63, 3.8) is 0 Å². The second-order valence-corrected chi connectivity index (χ2v) is 4.35. The van der Waals surface area contributed by atoms with Crippen LogP contribution in [0.3, 0.4) is 0 Å². The summed E-state index contributed by atoms with van der Waals surface area (Å²) < 4.78 is 5.04. The van der Waals surface area contributed by atoms with Crippen molar-refractivity contribution in [3.8, 4) is 10.8 Å². The van der Waals surface area contributed by atoms with E-state index < -0.39 is 23.4 Å². The first-order chi connectivity index (χ1) is 8.54. The molecule has 2 rings (SSSR count). The Morgan fingerprint density at radius 1 is 1.39 bits per heavy atom. The van der Waals surface area contributed by atoms with E-state index in [-0.39, 0.29) is 5.89 Å². The maximum atomic E-state index is 10.9. The molecular formula is C11H9NO5S. The summed E-state index contributed by atoms with van der Waals surface area (Å²) in [7, 11) is 0. The van der Waals surface area contributed by atoms with E-state index in [4.69, 9.17) is 14.6 Å². The molecule has 0 radical (unpaired) electrons. The number of rotatable bonds is 4. The lowest BCUT2D eigenvalue weighted by Crippen LogP contribution is -2.05. The lowest BCUT2D eigenvalue weighted by atomic mass is 10.2. The summed E-state index contributed by atoms with van der Waals surface area (Å²) in [5.41, 5.74) is 0.364. The van der Waals surface area contributed by atoms with E-state index in [1.807, 2.05) is 18.4 Å². The van der Waals surface area contributed by atoms with Gasteiger partial charge in [0.2, 0.25) is 17.3 Å². The molecule has 0 fully saturated rings. The third-order valence-electron chi connectivity index (χ3n) is 2.35. The van der Waals surface area contributed by atoms with Crippen LogP contribution < -0.4 is 0 Å². The Hall–Kier alpha value is -2.15. The van der Waals surface area contributed by atoms with Crippen LogP contribution in [-0.4, -0.2) is 27.1 Å². The fourth-order valence-corrected chi connectivity index (χ4v) is 2.43. The number of oxazole rings is 1. The van der Waals surface area contributed by atoms with Crippen molar-refractivity contribution < 1.29 is 24.2 Å². The van der Waals surface area contributed by atoms with Gasteiger partial charge in [-0.25, -0.2) is 14.6 Å². The third-order valence-corrected chi connectivity index (χ3v) is 3.29. The van der Waals surface area contributed by atoms with Gasteiger partial charge in [0, 0.05) is 0 Å². The molecule has 0 atom stereocenters. The molecule has 0 aliphatic rings. The molecule has 0 saturated heterocycles. The SMILES string of the molecule is CCc1ccsc1-c1nc(C(=O)O)c(C(=O)O)o1. The summed E-state index contributed by atoms with van der Waals surface area (Å²) in [5, 5.41) is 19.5.